The van der Waals surface area contributed by atoms with Crippen LogP contribution in [0.5, 0.6) is 5.88 Å². The van der Waals surface area contributed by atoms with E-state index in [-0.39, 0.29) is 11.5 Å². The highest BCUT2D eigenvalue weighted by Crippen LogP contribution is 2.15. The lowest BCUT2D eigenvalue weighted by atomic mass is 10.0. The second kappa shape index (κ2) is 8.41. The van der Waals surface area contributed by atoms with Crippen molar-refractivity contribution in [1.29, 1.82) is 0 Å². The summed E-state index contributed by atoms with van der Waals surface area (Å²) in [5.74, 6) is -0.575. The Labute approximate surface area is 151 Å². The van der Waals surface area contributed by atoms with Gasteiger partial charge in [-0.2, -0.15) is 5.10 Å². The summed E-state index contributed by atoms with van der Waals surface area (Å²) in [6.07, 6.45) is 1.73. The fourth-order valence-electron chi connectivity index (χ4n) is 2.44. The lowest BCUT2D eigenvalue weighted by Gasteiger charge is -2.16. The summed E-state index contributed by atoms with van der Waals surface area (Å²) >= 11 is 0. The molecular formula is C17H23N5O4. The molecule has 1 amide bonds. The Kier molecular flexibility index (Phi) is 6.26. The molecule has 0 aliphatic heterocycles. The molecule has 0 radical (unpaired) electrons. The van der Waals surface area contributed by atoms with Gasteiger partial charge in [0.1, 0.15) is 6.04 Å². The number of carboxylic acids is 1. The van der Waals surface area contributed by atoms with E-state index in [2.05, 4.69) is 20.6 Å². The molecule has 0 saturated heterocycles. The molecule has 0 unspecified atom stereocenters. The van der Waals surface area contributed by atoms with Crippen molar-refractivity contribution in [3.63, 3.8) is 0 Å². The Hall–Kier alpha value is -2.97. The van der Waals surface area contributed by atoms with Crippen LogP contribution in [0.15, 0.2) is 18.3 Å². The number of nitrogens with zero attached hydrogens (tertiary/aromatic N) is 4. The predicted molar refractivity (Wildman–Crippen MR) is 93.4 cm³/mol. The van der Waals surface area contributed by atoms with Crippen LogP contribution < -0.4 is 10.1 Å². The lowest BCUT2D eigenvalue weighted by Crippen LogP contribution is -2.41. The van der Waals surface area contributed by atoms with Gasteiger partial charge in [0.25, 0.3) is 5.91 Å². The topological polar surface area (TPSA) is 119 Å². The van der Waals surface area contributed by atoms with Crippen LogP contribution in [0.25, 0.3) is 5.82 Å². The Bertz CT molecular complexity index is 770. The summed E-state index contributed by atoms with van der Waals surface area (Å²) in [6, 6.07) is 2.39. The van der Waals surface area contributed by atoms with Crippen LogP contribution >= 0.6 is 0 Å². The Morgan fingerprint density at radius 3 is 2.58 bits per heavy atom. The highest BCUT2D eigenvalue weighted by molar-refractivity contribution is 5.97. The van der Waals surface area contributed by atoms with Gasteiger partial charge in [-0.25, -0.2) is 9.48 Å². The monoisotopic (exact) mass is 361 g/mol. The number of rotatable bonds is 8. The summed E-state index contributed by atoms with van der Waals surface area (Å²) in [6.45, 7) is 7.84. The molecule has 2 heterocycles. The molecule has 2 N–H and O–H groups in total. The summed E-state index contributed by atoms with van der Waals surface area (Å²) in [7, 11) is 0. The maximum atomic E-state index is 12.5. The van der Waals surface area contributed by atoms with Crippen molar-refractivity contribution in [3.05, 3.63) is 29.6 Å². The van der Waals surface area contributed by atoms with E-state index >= 15 is 0 Å². The molecular weight excluding hydrogens is 338 g/mol. The third kappa shape index (κ3) is 4.56. The van der Waals surface area contributed by atoms with Crippen LogP contribution in [0.4, 0.5) is 0 Å². The molecule has 2 rings (SSSR count). The van der Waals surface area contributed by atoms with Crippen LogP contribution in [0.2, 0.25) is 0 Å². The molecule has 0 bridgehead atoms. The summed E-state index contributed by atoms with van der Waals surface area (Å²) in [4.78, 5) is 23.8. The molecule has 2 aromatic heterocycles. The molecule has 1 atom stereocenters. The third-order valence-corrected chi connectivity index (χ3v) is 3.70. The summed E-state index contributed by atoms with van der Waals surface area (Å²) in [5, 5.41) is 23.9. The SMILES string of the molecule is CCOc1ccc(-n2ncc(C(=O)N[C@H](CC(C)C)C(=O)O)c2C)nn1. The molecule has 0 fully saturated rings. The highest BCUT2D eigenvalue weighted by atomic mass is 16.5. The molecule has 0 spiro atoms. The average molecular weight is 361 g/mol. The number of carbonyl (C=O) groups is 2. The van der Waals surface area contributed by atoms with Gasteiger partial charge < -0.3 is 15.2 Å². The molecule has 0 saturated carbocycles. The van der Waals surface area contributed by atoms with Crippen LogP contribution in [-0.4, -0.2) is 49.6 Å². The number of carboxylic acid groups (broad SMARTS) is 1. The second-order valence-corrected chi connectivity index (χ2v) is 6.21. The van der Waals surface area contributed by atoms with E-state index in [1.165, 1.54) is 10.9 Å². The highest BCUT2D eigenvalue weighted by Gasteiger charge is 2.24. The Morgan fingerprint density at radius 2 is 2.04 bits per heavy atom. The molecule has 0 aliphatic rings. The van der Waals surface area contributed by atoms with Crippen LogP contribution in [0.1, 0.15) is 43.2 Å². The van der Waals surface area contributed by atoms with Crippen molar-refractivity contribution >= 4 is 11.9 Å². The predicted octanol–water partition coefficient (Wildman–Crippen LogP) is 1.60. The third-order valence-electron chi connectivity index (χ3n) is 3.70. The van der Waals surface area contributed by atoms with E-state index in [4.69, 9.17) is 4.74 Å². The van der Waals surface area contributed by atoms with Crippen molar-refractivity contribution in [2.45, 2.75) is 40.2 Å². The van der Waals surface area contributed by atoms with E-state index in [1.54, 1.807) is 19.1 Å². The lowest BCUT2D eigenvalue weighted by molar-refractivity contribution is -0.139. The largest absolute Gasteiger partial charge is 0.480 e. The smallest absolute Gasteiger partial charge is 0.326 e. The van der Waals surface area contributed by atoms with Crippen molar-refractivity contribution in [3.8, 4) is 11.7 Å². The zero-order valence-electron chi connectivity index (χ0n) is 15.3. The first-order valence-corrected chi connectivity index (χ1v) is 8.38. The number of aromatic nitrogens is 4. The standard InChI is InChI=1S/C17H23N5O4/c1-5-26-15-7-6-14(20-21-15)22-11(4)12(9-18-22)16(23)19-13(17(24)25)8-10(2)3/h6-7,9-10,13H,5,8H2,1-4H3,(H,19,23)(H,24,25)/t13-/m1/s1. The van der Waals surface area contributed by atoms with E-state index in [9.17, 15) is 14.7 Å². The van der Waals surface area contributed by atoms with Crippen molar-refractivity contribution in [2.75, 3.05) is 6.61 Å². The summed E-state index contributed by atoms with van der Waals surface area (Å²) in [5.41, 5.74) is 0.824. The van der Waals surface area contributed by atoms with Gasteiger partial charge >= 0.3 is 5.97 Å². The Balaban J connectivity index is 2.19. The van der Waals surface area contributed by atoms with Crippen LogP contribution in [0, 0.1) is 12.8 Å². The number of aliphatic carboxylic acids is 1. The van der Waals surface area contributed by atoms with E-state index < -0.39 is 17.9 Å². The maximum absolute atomic E-state index is 12.5. The Morgan fingerprint density at radius 1 is 1.31 bits per heavy atom. The number of hydrogen-bond donors (Lipinski definition) is 2. The van der Waals surface area contributed by atoms with Crippen molar-refractivity contribution in [1.82, 2.24) is 25.3 Å². The fraction of sp³-hybridized carbons (Fsp3) is 0.471. The first kappa shape index (κ1) is 19.4. The fourth-order valence-corrected chi connectivity index (χ4v) is 2.44. The summed E-state index contributed by atoms with van der Waals surface area (Å²) < 4.78 is 6.71. The minimum atomic E-state index is -1.06. The number of ether oxygens (including phenoxy) is 1. The molecule has 9 heteroatoms. The van der Waals surface area contributed by atoms with Gasteiger partial charge in [-0.1, -0.05) is 13.8 Å². The zero-order valence-corrected chi connectivity index (χ0v) is 15.3. The van der Waals surface area contributed by atoms with E-state index in [0.29, 0.717) is 30.4 Å². The second-order valence-electron chi connectivity index (χ2n) is 6.21. The minimum absolute atomic E-state index is 0.138. The normalized spacial score (nSPS) is 12.0. The maximum Gasteiger partial charge on any atom is 0.326 e. The van der Waals surface area contributed by atoms with Gasteiger partial charge in [-0.15, -0.1) is 10.2 Å². The van der Waals surface area contributed by atoms with Gasteiger partial charge in [-0.05, 0) is 32.3 Å². The van der Waals surface area contributed by atoms with Gasteiger partial charge in [0.2, 0.25) is 5.88 Å². The first-order chi connectivity index (χ1) is 12.3. The minimum Gasteiger partial charge on any atom is -0.480 e. The van der Waals surface area contributed by atoms with Gasteiger partial charge in [0, 0.05) is 6.07 Å². The number of hydrogen-bond acceptors (Lipinski definition) is 6. The van der Waals surface area contributed by atoms with Gasteiger partial charge in [0.15, 0.2) is 5.82 Å². The number of nitrogens with one attached hydrogen (secondary N) is 1. The quantitative estimate of drug-likeness (QED) is 0.733. The van der Waals surface area contributed by atoms with E-state index in [1.807, 2.05) is 20.8 Å². The van der Waals surface area contributed by atoms with Crippen LogP contribution in [-0.2, 0) is 4.79 Å². The van der Waals surface area contributed by atoms with E-state index in [0.717, 1.165) is 0 Å². The molecule has 26 heavy (non-hydrogen) atoms. The molecule has 2 aromatic rings. The molecule has 9 nitrogen and oxygen atoms in total. The first-order valence-electron chi connectivity index (χ1n) is 8.38. The molecule has 0 aliphatic carbocycles. The molecule has 0 aromatic carbocycles. The van der Waals surface area contributed by atoms with Crippen molar-refractivity contribution in [2.24, 2.45) is 5.92 Å². The average Bonchev–Trinajstić information content (AvgIpc) is 2.96. The zero-order chi connectivity index (χ0) is 19.3. The number of amides is 1. The van der Waals surface area contributed by atoms with Crippen LogP contribution in [0.3, 0.4) is 0 Å². The molecule has 140 valence electrons. The number of carbonyl (C=O) groups excluding carboxylic acids is 1. The van der Waals surface area contributed by atoms with Gasteiger partial charge in [0.05, 0.1) is 24.1 Å². The van der Waals surface area contributed by atoms with Gasteiger partial charge in [-0.3, -0.25) is 4.79 Å². The van der Waals surface area contributed by atoms with Crippen molar-refractivity contribution < 1.29 is 19.4 Å².